The van der Waals surface area contributed by atoms with Crippen molar-refractivity contribution in [1.29, 1.82) is 5.26 Å². The van der Waals surface area contributed by atoms with Gasteiger partial charge < -0.3 is 16.0 Å². The standard InChI is InChI=1S/C18H22N6/c19-9-15-7-12-10-21-17(22-14-5-2-6-20-11-14)8-16(12)18(24-15)23-13-3-1-4-13/h7-8,10,13-14,20H,1-6,11H2,(H,21,22)(H,23,24). The summed E-state index contributed by atoms with van der Waals surface area (Å²) >= 11 is 0. The van der Waals surface area contributed by atoms with Crippen LogP contribution in [-0.4, -0.2) is 35.1 Å². The minimum absolute atomic E-state index is 0.415. The van der Waals surface area contributed by atoms with Crippen LogP contribution in [0.4, 0.5) is 11.6 Å². The van der Waals surface area contributed by atoms with E-state index in [0.717, 1.165) is 41.9 Å². The molecule has 0 amide bonds. The summed E-state index contributed by atoms with van der Waals surface area (Å²) in [7, 11) is 0. The summed E-state index contributed by atoms with van der Waals surface area (Å²) in [4.78, 5) is 9.02. The van der Waals surface area contributed by atoms with E-state index in [9.17, 15) is 5.26 Å². The van der Waals surface area contributed by atoms with Gasteiger partial charge in [0.25, 0.3) is 0 Å². The number of fused-ring (bicyclic) bond motifs is 1. The molecule has 0 aromatic carbocycles. The molecule has 0 spiro atoms. The zero-order valence-electron chi connectivity index (χ0n) is 13.7. The van der Waals surface area contributed by atoms with Crippen LogP contribution in [0, 0.1) is 11.3 Å². The molecule has 3 heterocycles. The lowest BCUT2D eigenvalue weighted by molar-refractivity contribution is 0.445. The highest BCUT2D eigenvalue weighted by molar-refractivity contribution is 5.93. The number of piperidine rings is 1. The monoisotopic (exact) mass is 322 g/mol. The second-order valence-electron chi connectivity index (χ2n) is 6.72. The van der Waals surface area contributed by atoms with Gasteiger partial charge in [-0.1, -0.05) is 0 Å². The Kier molecular flexibility index (Phi) is 4.18. The molecule has 1 unspecified atom stereocenters. The second kappa shape index (κ2) is 6.62. The van der Waals surface area contributed by atoms with Gasteiger partial charge in [-0.25, -0.2) is 9.97 Å². The van der Waals surface area contributed by atoms with E-state index in [1.54, 1.807) is 6.07 Å². The molecule has 3 N–H and O–H groups in total. The van der Waals surface area contributed by atoms with Gasteiger partial charge in [-0.3, -0.25) is 0 Å². The highest BCUT2D eigenvalue weighted by Gasteiger charge is 2.19. The fraction of sp³-hybridized carbons (Fsp3) is 0.500. The first-order valence-corrected chi connectivity index (χ1v) is 8.76. The molecule has 124 valence electrons. The van der Waals surface area contributed by atoms with E-state index in [2.05, 4.69) is 38.1 Å². The minimum atomic E-state index is 0.415. The van der Waals surface area contributed by atoms with Gasteiger partial charge in [0.15, 0.2) is 0 Å². The molecule has 0 bridgehead atoms. The average molecular weight is 322 g/mol. The number of nitriles is 1. The van der Waals surface area contributed by atoms with E-state index in [-0.39, 0.29) is 0 Å². The molecule has 2 aliphatic rings. The number of nitrogens with zero attached hydrogens (tertiary/aromatic N) is 3. The maximum absolute atomic E-state index is 9.22. The summed E-state index contributed by atoms with van der Waals surface area (Å²) in [6.45, 7) is 2.07. The van der Waals surface area contributed by atoms with E-state index in [4.69, 9.17) is 0 Å². The molecule has 6 nitrogen and oxygen atoms in total. The van der Waals surface area contributed by atoms with Crippen LogP contribution >= 0.6 is 0 Å². The van der Waals surface area contributed by atoms with Gasteiger partial charge in [-0.2, -0.15) is 5.26 Å². The number of hydrogen-bond donors (Lipinski definition) is 3. The quantitative estimate of drug-likeness (QED) is 0.802. The SMILES string of the molecule is N#Cc1cc2cnc(NC3CCCNC3)cc2c(NC2CCC2)n1. The lowest BCUT2D eigenvalue weighted by atomic mass is 9.93. The number of rotatable bonds is 4. The summed E-state index contributed by atoms with van der Waals surface area (Å²) in [6, 6.07) is 6.90. The first-order chi connectivity index (χ1) is 11.8. The Morgan fingerprint density at radius 3 is 2.71 bits per heavy atom. The van der Waals surface area contributed by atoms with Gasteiger partial charge in [-0.05, 0) is 50.8 Å². The summed E-state index contributed by atoms with van der Waals surface area (Å²) in [6.07, 6.45) is 7.78. The van der Waals surface area contributed by atoms with Crippen LogP contribution in [0.1, 0.15) is 37.8 Å². The number of aromatic nitrogens is 2. The van der Waals surface area contributed by atoms with Crippen molar-refractivity contribution in [2.24, 2.45) is 0 Å². The average Bonchev–Trinajstić information content (AvgIpc) is 2.59. The Balaban J connectivity index is 1.65. The fourth-order valence-electron chi connectivity index (χ4n) is 3.32. The molecule has 24 heavy (non-hydrogen) atoms. The molecule has 0 radical (unpaired) electrons. The Hall–Kier alpha value is -2.39. The Labute approximate surface area is 141 Å². The van der Waals surface area contributed by atoms with E-state index >= 15 is 0 Å². The smallest absolute Gasteiger partial charge is 0.143 e. The van der Waals surface area contributed by atoms with Crippen molar-refractivity contribution in [3.8, 4) is 6.07 Å². The maximum atomic E-state index is 9.22. The molecule has 2 aromatic rings. The number of pyridine rings is 2. The van der Waals surface area contributed by atoms with Crippen molar-refractivity contribution in [3.63, 3.8) is 0 Å². The zero-order valence-corrected chi connectivity index (χ0v) is 13.7. The van der Waals surface area contributed by atoms with E-state index < -0.39 is 0 Å². The van der Waals surface area contributed by atoms with Crippen LogP contribution < -0.4 is 16.0 Å². The van der Waals surface area contributed by atoms with Gasteiger partial charge in [0.1, 0.15) is 23.4 Å². The van der Waals surface area contributed by atoms with Crippen LogP contribution in [0.25, 0.3) is 10.8 Å². The topological polar surface area (TPSA) is 85.7 Å². The number of nitrogens with one attached hydrogen (secondary N) is 3. The Morgan fingerprint density at radius 2 is 2.00 bits per heavy atom. The molecule has 1 saturated carbocycles. The second-order valence-corrected chi connectivity index (χ2v) is 6.72. The number of anilines is 2. The summed E-state index contributed by atoms with van der Waals surface area (Å²) in [5.74, 6) is 1.68. The third-order valence-corrected chi connectivity index (χ3v) is 4.92. The normalized spacial score (nSPS) is 21.0. The molecule has 6 heteroatoms. The van der Waals surface area contributed by atoms with Crippen LogP contribution in [0.2, 0.25) is 0 Å². The third kappa shape index (κ3) is 3.13. The zero-order chi connectivity index (χ0) is 16.4. The first kappa shape index (κ1) is 15.2. The van der Waals surface area contributed by atoms with Crippen molar-refractivity contribution in [2.45, 2.75) is 44.2 Å². The van der Waals surface area contributed by atoms with Crippen molar-refractivity contribution < 1.29 is 0 Å². The van der Waals surface area contributed by atoms with Gasteiger partial charge in [-0.15, -0.1) is 0 Å². The van der Waals surface area contributed by atoms with Crippen molar-refractivity contribution in [1.82, 2.24) is 15.3 Å². The van der Waals surface area contributed by atoms with Gasteiger partial charge in [0.05, 0.1) is 0 Å². The van der Waals surface area contributed by atoms with Gasteiger partial charge in [0, 0.05) is 35.6 Å². The predicted octanol–water partition coefficient (Wildman–Crippen LogP) is 2.63. The van der Waals surface area contributed by atoms with E-state index in [1.165, 1.54) is 25.7 Å². The largest absolute Gasteiger partial charge is 0.367 e. The van der Waals surface area contributed by atoms with E-state index in [1.807, 2.05) is 6.20 Å². The molecule has 4 rings (SSSR count). The predicted molar refractivity (Wildman–Crippen MR) is 95.0 cm³/mol. The van der Waals surface area contributed by atoms with Crippen molar-refractivity contribution >= 4 is 22.4 Å². The molecule has 1 saturated heterocycles. The maximum Gasteiger partial charge on any atom is 0.143 e. The first-order valence-electron chi connectivity index (χ1n) is 8.76. The van der Waals surface area contributed by atoms with Crippen molar-refractivity contribution in [3.05, 3.63) is 24.0 Å². The summed E-state index contributed by atoms with van der Waals surface area (Å²) in [5.41, 5.74) is 0.434. The molecule has 1 aliphatic heterocycles. The summed E-state index contributed by atoms with van der Waals surface area (Å²) < 4.78 is 0. The Morgan fingerprint density at radius 1 is 1.12 bits per heavy atom. The molecular formula is C18H22N6. The Bertz CT molecular complexity index is 771. The minimum Gasteiger partial charge on any atom is -0.367 e. The van der Waals surface area contributed by atoms with Crippen LogP contribution in [0.3, 0.4) is 0 Å². The number of hydrogen-bond acceptors (Lipinski definition) is 6. The summed E-state index contributed by atoms with van der Waals surface area (Å²) in [5, 5.41) is 21.6. The van der Waals surface area contributed by atoms with Crippen LogP contribution in [-0.2, 0) is 0 Å². The molecular weight excluding hydrogens is 300 g/mol. The van der Waals surface area contributed by atoms with Crippen molar-refractivity contribution in [2.75, 3.05) is 23.7 Å². The highest BCUT2D eigenvalue weighted by atomic mass is 15.1. The fourth-order valence-corrected chi connectivity index (χ4v) is 3.32. The highest BCUT2D eigenvalue weighted by Crippen LogP contribution is 2.29. The molecule has 2 aromatic heterocycles. The molecule has 1 atom stereocenters. The third-order valence-electron chi connectivity index (χ3n) is 4.92. The van der Waals surface area contributed by atoms with Crippen LogP contribution in [0.15, 0.2) is 18.3 Å². The molecule has 2 fully saturated rings. The lowest BCUT2D eigenvalue weighted by Crippen LogP contribution is -2.38. The van der Waals surface area contributed by atoms with Gasteiger partial charge in [0.2, 0.25) is 0 Å². The molecule has 1 aliphatic carbocycles. The lowest BCUT2D eigenvalue weighted by Gasteiger charge is -2.28. The van der Waals surface area contributed by atoms with E-state index in [0.29, 0.717) is 17.8 Å². The van der Waals surface area contributed by atoms with Crippen LogP contribution in [0.5, 0.6) is 0 Å². The van der Waals surface area contributed by atoms with Gasteiger partial charge >= 0.3 is 0 Å².